The Hall–Kier alpha value is -1.43. The van der Waals surface area contributed by atoms with E-state index in [1.807, 2.05) is 17.8 Å². The monoisotopic (exact) mass is 207 g/mol. The van der Waals surface area contributed by atoms with Crippen LogP contribution in [0.4, 0.5) is 5.82 Å². The summed E-state index contributed by atoms with van der Waals surface area (Å²) in [6, 6.07) is 0. The van der Waals surface area contributed by atoms with Crippen molar-refractivity contribution in [2.45, 2.75) is 6.54 Å². The number of hydrogen-bond donors (Lipinski definition) is 1. The number of anilines is 1. The average Bonchev–Trinajstić information content (AvgIpc) is 2.74. The first kappa shape index (κ1) is 7.93. The summed E-state index contributed by atoms with van der Waals surface area (Å²) in [5.74, 6) is 1.05. The van der Waals surface area contributed by atoms with Gasteiger partial charge < -0.3 is 9.88 Å². The third kappa shape index (κ3) is 0.859. The molecule has 0 spiro atoms. The third-order valence-electron chi connectivity index (χ3n) is 2.49. The first-order valence-corrected chi connectivity index (χ1v) is 4.84. The zero-order valence-corrected chi connectivity index (χ0v) is 8.51. The lowest BCUT2D eigenvalue weighted by Gasteiger charge is -2.03. The highest BCUT2D eigenvalue weighted by atomic mass is 32.1. The Bertz CT molecular complexity index is 567. The predicted octanol–water partition coefficient (Wildman–Crippen LogP) is 0.925. The molecular weight excluding hydrogens is 198 g/mol. The number of nitrogens with one attached hydrogen (secondary N) is 1. The molecule has 2 aromatic heterocycles. The smallest absolute Gasteiger partial charge is 0.203 e. The van der Waals surface area contributed by atoms with Crippen molar-refractivity contribution in [3.8, 4) is 0 Å². The van der Waals surface area contributed by atoms with E-state index < -0.39 is 0 Å². The zero-order chi connectivity index (χ0) is 9.71. The maximum Gasteiger partial charge on any atom is 0.203 e. The van der Waals surface area contributed by atoms with Gasteiger partial charge >= 0.3 is 0 Å². The molecule has 0 atom stereocenters. The Labute approximate surface area is 85.4 Å². The van der Waals surface area contributed by atoms with Gasteiger partial charge in [0, 0.05) is 20.1 Å². The molecule has 0 amide bonds. The van der Waals surface area contributed by atoms with Crippen LogP contribution in [0.15, 0.2) is 6.20 Å². The van der Waals surface area contributed by atoms with E-state index in [1.54, 1.807) is 4.68 Å². The molecule has 0 bridgehead atoms. The third-order valence-corrected chi connectivity index (χ3v) is 2.80. The van der Waals surface area contributed by atoms with Crippen molar-refractivity contribution >= 4 is 29.1 Å². The number of fused-ring (bicyclic) bond motifs is 3. The normalized spacial score (nSPS) is 14.4. The minimum absolute atomic E-state index is 0.626. The van der Waals surface area contributed by atoms with Crippen molar-refractivity contribution in [1.29, 1.82) is 0 Å². The minimum atomic E-state index is 0.626. The molecule has 72 valence electrons. The van der Waals surface area contributed by atoms with E-state index in [0.717, 1.165) is 29.9 Å². The summed E-state index contributed by atoms with van der Waals surface area (Å²) >= 11 is 5.20. The predicted molar refractivity (Wildman–Crippen MR) is 55.8 cm³/mol. The van der Waals surface area contributed by atoms with Crippen LogP contribution in [0.1, 0.15) is 0 Å². The molecule has 5 nitrogen and oxygen atoms in total. The van der Waals surface area contributed by atoms with Crippen LogP contribution in [0.5, 0.6) is 0 Å². The van der Waals surface area contributed by atoms with Gasteiger partial charge in [0.25, 0.3) is 0 Å². The summed E-state index contributed by atoms with van der Waals surface area (Å²) in [7, 11) is 1.87. The Kier molecular flexibility index (Phi) is 1.44. The van der Waals surface area contributed by atoms with Crippen LogP contribution in [0, 0.1) is 4.77 Å². The minimum Gasteiger partial charge on any atom is -0.369 e. The second-order valence-corrected chi connectivity index (χ2v) is 3.69. The highest BCUT2D eigenvalue weighted by molar-refractivity contribution is 7.71. The fourth-order valence-corrected chi connectivity index (χ4v) is 2.08. The van der Waals surface area contributed by atoms with Crippen LogP contribution >= 0.6 is 12.2 Å². The molecule has 0 fully saturated rings. The van der Waals surface area contributed by atoms with E-state index in [1.165, 1.54) is 0 Å². The number of aryl methyl sites for hydroxylation is 1. The number of aromatic nitrogens is 4. The molecule has 6 heteroatoms. The zero-order valence-electron chi connectivity index (χ0n) is 7.69. The first-order chi connectivity index (χ1) is 6.77. The Morgan fingerprint density at radius 2 is 2.43 bits per heavy atom. The van der Waals surface area contributed by atoms with Gasteiger partial charge in [0.15, 0.2) is 5.65 Å². The van der Waals surface area contributed by atoms with E-state index in [4.69, 9.17) is 12.2 Å². The molecule has 0 unspecified atom stereocenters. The Morgan fingerprint density at radius 3 is 3.29 bits per heavy atom. The standard InChI is InChI=1S/C8H9N5S/c1-12-7-5(4-10-12)6-9-2-3-13(6)8(14)11-7/h4,9H,2-3H2,1H3. The van der Waals surface area contributed by atoms with Crippen LogP contribution in [0.3, 0.4) is 0 Å². The Morgan fingerprint density at radius 1 is 1.57 bits per heavy atom. The highest BCUT2D eigenvalue weighted by Gasteiger charge is 2.16. The molecule has 0 saturated heterocycles. The summed E-state index contributed by atoms with van der Waals surface area (Å²) in [6.07, 6.45) is 1.82. The molecular formula is C8H9N5S. The van der Waals surface area contributed by atoms with Gasteiger partial charge in [-0.1, -0.05) is 0 Å². The molecule has 3 rings (SSSR count). The van der Waals surface area contributed by atoms with E-state index in [0.29, 0.717) is 4.77 Å². The van der Waals surface area contributed by atoms with Crippen LogP contribution in [0.2, 0.25) is 0 Å². The topological polar surface area (TPSA) is 47.7 Å². The highest BCUT2D eigenvalue weighted by Crippen LogP contribution is 2.24. The number of hydrogen-bond acceptors (Lipinski definition) is 4. The van der Waals surface area contributed by atoms with Crippen LogP contribution in [-0.4, -0.2) is 25.9 Å². The van der Waals surface area contributed by atoms with Gasteiger partial charge in [-0.15, -0.1) is 0 Å². The summed E-state index contributed by atoms with van der Waals surface area (Å²) < 4.78 is 4.38. The van der Waals surface area contributed by atoms with Crippen LogP contribution in [-0.2, 0) is 13.6 Å². The van der Waals surface area contributed by atoms with E-state index in [2.05, 4.69) is 15.4 Å². The molecule has 2 aromatic rings. The maximum atomic E-state index is 5.20. The van der Waals surface area contributed by atoms with Gasteiger partial charge in [-0.25, -0.2) is 0 Å². The lowest BCUT2D eigenvalue weighted by atomic mass is 10.4. The fraction of sp³-hybridized carbons (Fsp3) is 0.375. The van der Waals surface area contributed by atoms with Crippen LogP contribution in [0.25, 0.3) is 11.0 Å². The number of rotatable bonds is 0. The van der Waals surface area contributed by atoms with Crippen LogP contribution < -0.4 is 5.32 Å². The molecule has 0 aliphatic carbocycles. The van der Waals surface area contributed by atoms with Crippen molar-refractivity contribution in [2.24, 2.45) is 7.05 Å². The van der Waals surface area contributed by atoms with Crippen molar-refractivity contribution in [3.05, 3.63) is 11.0 Å². The number of nitrogens with zero attached hydrogens (tertiary/aromatic N) is 4. The summed E-state index contributed by atoms with van der Waals surface area (Å²) in [5.41, 5.74) is 0.843. The summed E-state index contributed by atoms with van der Waals surface area (Å²) in [6.45, 7) is 1.81. The van der Waals surface area contributed by atoms with E-state index >= 15 is 0 Å². The van der Waals surface area contributed by atoms with Gasteiger partial charge in [0.05, 0.1) is 11.6 Å². The van der Waals surface area contributed by atoms with Gasteiger partial charge in [0.1, 0.15) is 5.82 Å². The SMILES string of the molecule is Cn1ncc2c3n(c(=S)nc21)CCN3. The fourth-order valence-electron chi connectivity index (χ4n) is 1.81. The molecule has 0 aromatic carbocycles. The molecule has 1 aliphatic heterocycles. The van der Waals surface area contributed by atoms with Crippen molar-refractivity contribution in [3.63, 3.8) is 0 Å². The molecule has 1 aliphatic rings. The van der Waals surface area contributed by atoms with Crippen molar-refractivity contribution in [2.75, 3.05) is 11.9 Å². The van der Waals surface area contributed by atoms with Crippen molar-refractivity contribution < 1.29 is 0 Å². The van der Waals surface area contributed by atoms with E-state index in [9.17, 15) is 0 Å². The maximum absolute atomic E-state index is 5.20. The average molecular weight is 207 g/mol. The molecule has 14 heavy (non-hydrogen) atoms. The molecule has 3 heterocycles. The second-order valence-electron chi connectivity index (χ2n) is 3.33. The second kappa shape index (κ2) is 2.54. The van der Waals surface area contributed by atoms with Gasteiger partial charge in [-0.2, -0.15) is 10.1 Å². The van der Waals surface area contributed by atoms with Gasteiger partial charge in [0.2, 0.25) is 4.77 Å². The summed E-state index contributed by atoms with van der Waals surface area (Å²) in [4.78, 5) is 4.35. The molecule has 0 radical (unpaired) electrons. The molecule has 1 N–H and O–H groups in total. The molecule has 0 saturated carbocycles. The lowest BCUT2D eigenvalue weighted by Crippen LogP contribution is -2.00. The summed E-state index contributed by atoms with van der Waals surface area (Å²) in [5, 5.41) is 8.51. The largest absolute Gasteiger partial charge is 0.369 e. The Balaban J connectivity index is 2.54. The van der Waals surface area contributed by atoms with Crippen molar-refractivity contribution in [1.82, 2.24) is 19.3 Å². The van der Waals surface area contributed by atoms with Gasteiger partial charge in [-0.3, -0.25) is 4.68 Å². The lowest BCUT2D eigenvalue weighted by molar-refractivity contribution is 0.754. The van der Waals surface area contributed by atoms with E-state index in [-0.39, 0.29) is 0 Å². The quantitative estimate of drug-likeness (QED) is 0.653. The van der Waals surface area contributed by atoms with Gasteiger partial charge in [-0.05, 0) is 12.2 Å². The first-order valence-electron chi connectivity index (χ1n) is 4.44.